The monoisotopic (exact) mass is 309 g/mol. The van der Waals surface area contributed by atoms with Crippen molar-refractivity contribution < 1.29 is 14.0 Å². The molecule has 2 amide bonds. The van der Waals surface area contributed by atoms with Crippen LogP contribution < -0.4 is 16.4 Å². The lowest BCUT2D eigenvalue weighted by Gasteiger charge is -2.24. The fourth-order valence-corrected chi connectivity index (χ4v) is 1.76. The Balaban J connectivity index is 2.81. The van der Waals surface area contributed by atoms with Crippen molar-refractivity contribution in [2.24, 2.45) is 11.7 Å². The van der Waals surface area contributed by atoms with Crippen LogP contribution in [0.5, 0.6) is 0 Å². The summed E-state index contributed by atoms with van der Waals surface area (Å²) >= 11 is 0. The van der Waals surface area contributed by atoms with Crippen LogP contribution in [-0.4, -0.2) is 23.9 Å². The van der Waals surface area contributed by atoms with Crippen LogP contribution in [0.15, 0.2) is 18.2 Å². The number of halogens is 1. The molecule has 122 valence electrons. The molecule has 0 heterocycles. The second-order valence-corrected chi connectivity index (χ2v) is 6.38. The SMILES string of the molecule is CC(C)CC(=O)Nc1ccc(C(=O)NC(C)(C)CN)cc1F. The zero-order chi connectivity index (χ0) is 16.9. The molecule has 4 N–H and O–H groups in total. The number of amides is 2. The van der Waals surface area contributed by atoms with E-state index in [9.17, 15) is 14.0 Å². The molecule has 5 nitrogen and oxygen atoms in total. The summed E-state index contributed by atoms with van der Waals surface area (Å²) in [5.41, 5.74) is 5.22. The molecular formula is C16H24FN3O2. The highest BCUT2D eigenvalue weighted by Gasteiger charge is 2.20. The van der Waals surface area contributed by atoms with Gasteiger partial charge in [0, 0.05) is 24.1 Å². The van der Waals surface area contributed by atoms with Crippen LogP contribution in [0.1, 0.15) is 44.5 Å². The second-order valence-electron chi connectivity index (χ2n) is 6.38. The molecule has 6 heteroatoms. The van der Waals surface area contributed by atoms with Crippen molar-refractivity contribution >= 4 is 17.5 Å². The van der Waals surface area contributed by atoms with Crippen molar-refractivity contribution in [3.05, 3.63) is 29.6 Å². The zero-order valence-corrected chi connectivity index (χ0v) is 13.5. The number of hydrogen-bond donors (Lipinski definition) is 3. The summed E-state index contributed by atoms with van der Waals surface area (Å²) in [4.78, 5) is 23.7. The van der Waals surface area contributed by atoms with Gasteiger partial charge in [-0.15, -0.1) is 0 Å². The van der Waals surface area contributed by atoms with Gasteiger partial charge < -0.3 is 16.4 Å². The maximum atomic E-state index is 14.0. The lowest BCUT2D eigenvalue weighted by molar-refractivity contribution is -0.116. The van der Waals surface area contributed by atoms with Gasteiger partial charge in [0.2, 0.25) is 5.91 Å². The fraction of sp³-hybridized carbons (Fsp3) is 0.500. The molecule has 1 rings (SSSR count). The topological polar surface area (TPSA) is 84.2 Å². The summed E-state index contributed by atoms with van der Waals surface area (Å²) in [6.45, 7) is 7.64. The quantitative estimate of drug-likeness (QED) is 0.753. The molecule has 0 fully saturated rings. The molecule has 0 aromatic heterocycles. The van der Waals surface area contributed by atoms with Crippen LogP contribution in [0, 0.1) is 11.7 Å². The molecule has 0 aliphatic heterocycles. The van der Waals surface area contributed by atoms with Crippen molar-refractivity contribution in [3.8, 4) is 0 Å². The minimum Gasteiger partial charge on any atom is -0.346 e. The van der Waals surface area contributed by atoms with Gasteiger partial charge in [-0.3, -0.25) is 9.59 Å². The first kappa shape index (κ1) is 18.1. The maximum Gasteiger partial charge on any atom is 0.251 e. The van der Waals surface area contributed by atoms with Gasteiger partial charge in [0.1, 0.15) is 5.82 Å². The van der Waals surface area contributed by atoms with Crippen LogP contribution >= 0.6 is 0 Å². The zero-order valence-electron chi connectivity index (χ0n) is 13.5. The molecule has 0 radical (unpaired) electrons. The van der Waals surface area contributed by atoms with Crippen molar-refractivity contribution in [2.45, 2.75) is 39.7 Å². The molecule has 22 heavy (non-hydrogen) atoms. The van der Waals surface area contributed by atoms with Gasteiger partial charge >= 0.3 is 0 Å². The summed E-state index contributed by atoms with van der Waals surface area (Å²) in [6.07, 6.45) is 0.312. The van der Waals surface area contributed by atoms with Gasteiger partial charge in [0.25, 0.3) is 5.91 Å². The Kier molecular flexibility index (Phi) is 6.05. The van der Waals surface area contributed by atoms with Gasteiger partial charge in [-0.25, -0.2) is 4.39 Å². The third-order valence-electron chi connectivity index (χ3n) is 3.06. The Morgan fingerprint density at radius 3 is 2.45 bits per heavy atom. The van der Waals surface area contributed by atoms with E-state index in [0.29, 0.717) is 6.42 Å². The van der Waals surface area contributed by atoms with E-state index in [1.54, 1.807) is 13.8 Å². The second kappa shape index (κ2) is 7.35. The van der Waals surface area contributed by atoms with E-state index in [-0.39, 0.29) is 29.6 Å². The molecule has 0 bridgehead atoms. The van der Waals surface area contributed by atoms with Gasteiger partial charge in [-0.05, 0) is 38.0 Å². The van der Waals surface area contributed by atoms with Crippen LogP contribution in [-0.2, 0) is 4.79 Å². The average molecular weight is 309 g/mol. The number of anilines is 1. The predicted octanol–water partition coefficient (Wildman–Crippen LogP) is 2.28. The van der Waals surface area contributed by atoms with Gasteiger partial charge in [-0.2, -0.15) is 0 Å². The number of carbonyl (C=O) groups excluding carboxylic acids is 2. The van der Waals surface area contributed by atoms with Crippen molar-refractivity contribution in [1.29, 1.82) is 0 Å². The first-order chi connectivity index (χ1) is 10.1. The third kappa shape index (κ3) is 5.44. The van der Waals surface area contributed by atoms with Gasteiger partial charge in [0.15, 0.2) is 0 Å². The Labute approximate surface area is 130 Å². The molecule has 0 aliphatic rings. The summed E-state index contributed by atoms with van der Waals surface area (Å²) in [5, 5.41) is 5.22. The van der Waals surface area contributed by atoms with Gasteiger partial charge in [-0.1, -0.05) is 13.8 Å². The number of nitrogens with one attached hydrogen (secondary N) is 2. The van der Waals surface area contributed by atoms with Crippen LogP contribution in [0.25, 0.3) is 0 Å². The molecule has 0 saturated heterocycles. The summed E-state index contributed by atoms with van der Waals surface area (Å²) in [6, 6.07) is 3.96. The highest BCUT2D eigenvalue weighted by atomic mass is 19.1. The predicted molar refractivity (Wildman–Crippen MR) is 85.1 cm³/mol. The first-order valence-corrected chi connectivity index (χ1v) is 7.26. The minimum atomic E-state index is -0.643. The first-order valence-electron chi connectivity index (χ1n) is 7.26. The Bertz CT molecular complexity index is 556. The standard InChI is InChI=1S/C16H24FN3O2/c1-10(2)7-14(21)19-13-6-5-11(8-12(13)17)15(22)20-16(3,4)9-18/h5-6,8,10H,7,9,18H2,1-4H3,(H,19,21)(H,20,22). The normalized spacial score (nSPS) is 11.4. The molecule has 1 aromatic rings. The van der Waals surface area contributed by atoms with E-state index in [1.165, 1.54) is 12.1 Å². The maximum absolute atomic E-state index is 14.0. The molecule has 0 saturated carbocycles. The van der Waals surface area contributed by atoms with Crippen molar-refractivity contribution in [3.63, 3.8) is 0 Å². The molecule has 0 unspecified atom stereocenters. The average Bonchev–Trinajstić information content (AvgIpc) is 2.39. The van der Waals surface area contributed by atoms with Gasteiger partial charge in [0.05, 0.1) is 5.69 Å². The number of hydrogen-bond acceptors (Lipinski definition) is 3. The van der Waals surface area contributed by atoms with Crippen molar-refractivity contribution in [2.75, 3.05) is 11.9 Å². The molecule has 0 aliphatic carbocycles. The Hall–Kier alpha value is -1.95. The summed E-state index contributed by atoms with van der Waals surface area (Å²) in [5.74, 6) is -1.12. The molecule has 0 atom stereocenters. The van der Waals surface area contributed by atoms with Crippen LogP contribution in [0.3, 0.4) is 0 Å². The highest BCUT2D eigenvalue weighted by molar-refractivity contribution is 5.96. The van der Waals surface area contributed by atoms with E-state index in [1.807, 2.05) is 13.8 Å². The molecule has 0 spiro atoms. The lowest BCUT2D eigenvalue weighted by atomic mass is 10.0. The van der Waals surface area contributed by atoms with E-state index < -0.39 is 17.3 Å². The number of benzene rings is 1. The Morgan fingerprint density at radius 2 is 1.95 bits per heavy atom. The largest absolute Gasteiger partial charge is 0.346 e. The number of rotatable bonds is 6. The van der Waals surface area contributed by atoms with E-state index in [2.05, 4.69) is 10.6 Å². The highest BCUT2D eigenvalue weighted by Crippen LogP contribution is 2.17. The van der Waals surface area contributed by atoms with E-state index in [4.69, 9.17) is 5.73 Å². The number of carbonyl (C=O) groups is 2. The molecule has 1 aromatic carbocycles. The van der Waals surface area contributed by atoms with E-state index in [0.717, 1.165) is 6.07 Å². The van der Waals surface area contributed by atoms with Crippen LogP contribution in [0.4, 0.5) is 10.1 Å². The van der Waals surface area contributed by atoms with Crippen LogP contribution in [0.2, 0.25) is 0 Å². The van der Waals surface area contributed by atoms with Crippen molar-refractivity contribution in [1.82, 2.24) is 5.32 Å². The fourth-order valence-electron chi connectivity index (χ4n) is 1.76. The molecular weight excluding hydrogens is 285 g/mol. The summed E-state index contributed by atoms with van der Waals surface area (Å²) in [7, 11) is 0. The third-order valence-corrected chi connectivity index (χ3v) is 3.06. The smallest absolute Gasteiger partial charge is 0.251 e. The minimum absolute atomic E-state index is 0.0697. The Morgan fingerprint density at radius 1 is 1.32 bits per heavy atom. The van der Waals surface area contributed by atoms with E-state index >= 15 is 0 Å². The lowest BCUT2D eigenvalue weighted by Crippen LogP contribution is -2.48. The summed E-state index contributed by atoms with van der Waals surface area (Å²) < 4.78 is 14.0. The number of nitrogens with two attached hydrogens (primary N) is 1.